The minimum Gasteiger partial charge on any atom is -0.328 e. The van der Waals surface area contributed by atoms with Crippen molar-refractivity contribution in [1.29, 1.82) is 0 Å². The lowest BCUT2D eigenvalue weighted by Gasteiger charge is -2.02. The first-order valence-electron chi connectivity index (χ1n) is 4.26. The molecule has 2 heterocycles. The third kappa shape index (κ3) is 1.96. The van der Waals surface area contributed by atoms with Crippen molar-refractivity contribution in [3.05, 3.63) is 34.3 Å². The summed E-state index contributed by atoms with van der Waals surface area (Å²) in [5.74, 6) is 0.498. The summed E-state index contributed by atoms with van der Waals surface area (Å²) in [5, 5.41) is 1.09. The molecule has 0 unspecified atom stereocenters. The highest BCUT2D eigenvalue weighted by molar-refractivity contribution is 7.11. The summed E-state index contributed by atoms with van der Waals surface area (Å²) in [5.41, 5.74) is 1.04. The minimum atomic E-state index is 0.498. The Balaban J connectivity index is 2.18. The minimum absolute atomic E-state index is 0.498. The summed E-state index contributed by atoms with van der Waals surface area (Å²) in [7, 11) is 0. The number of halogens is 1. The predicted molar refractivity (Wildman–Crippen MR) is 57.7 cm³/mol. The Hall–Kier alpha value is -0.870. The highest BCUT2D eigenvalue weighted by Crippen LogP contribution is 2.14. The van der Waals surface area contributed by atoms with E-state index in [9.17, 15) is 0 Å². The van der Waals surface area contributed by atoms with Crippen LogP contribution in [0.5, 0.6) is 0 Å². The van der Waals surface area contributed by atoms with Crippen LogP contribution in [0.25, 0.3) is 0 Å². The van der Waals surface area contributed by atoms with Crippen molar-refractivity contribution in [2.24, 2.45) is 0 Å². The molecule has 2 rings (SSSR count). The fraction of sp³-hybridized carbons (Fsp3) is 0.333. The van der Waals surface area contributed by atoms with Crippen LogP contribution in [0.2, 0.25) is 0 Å². The maximum absolute atomic E-state index is 5.77. The molecule has 74 valence electrons. The van der Waals surface area contributed by atoms with E-state index in [1.165, 1.54) is 4.88 Å². The van der Waals surface area contributed by atoms with E-state index in [4.69, 9.17) is 11.6 Å². The smallest absolute Gasteiger partial charge is 0.0951 e. The molecule has 0 N–H and O–H groups in total. The number of imidazole rings is 1. The standard InChI is InChI=1S/C9H10ClN3S/c1-7-12-4-9(14-7)5-13-6-11-3-8(13)2-10/h3-4,6H,2,5H2,1H3. The monoisotopic (exact) mass is 227 g/mol. The molecule has 2 aromatic heterocycles. The summed E-state index contributed by atoms with van der Waals surface area (Å²) in [6.45, 7) is 2.82. The molecule has 5 heteroatoms. The Morgan fingerprint density at radius 1 is 1.50 bits per heavy atom. The number of aryl methyl sites for hydroxylation is 1. The van der Waals surface area contributed by atoms with Crippen LogP contribution < -0.4 is 0 Å². The van der Waals surface area contributed by atoms with Gasteiger partial charge in [-0.1, -0.05) is 0 Å². The second-order valence-electron chi connectivity index (χ2n) is 2.99. The average Bonchev–Trinajstić information content (AvgIpc) is 2.76. The van der Waals surface area contributed by atoms with Gasteiger partial charge in [0.25, 0.3) is 0 Å². The number of rotatable bonds is 3. The molecule has 14 heavy (non-hydrogen) atoms. The van der Waals surface area contributed by atoms with Gasteiger partial charge in [-0.15, -0.1) is 22.9 Å². The summed E-state index contributed by atoms with van der Waals surface area (Å²) >= 11 is 7.47. The molecular formula is C9H10ClN3S. The maximum Gasteiger partial charge on any atom is 0.0951 e. The van der Waals surface area contributed by atoms with E-state index in [0.29, 0.717) is 5.88 Å². The van der Waals surface area contributed by atoms with Gasteiger partial charge in [0.2, 0.25) is 0 Å². The third-order valence-electron chi connectivity index (χ3n) is 1.93. The van der Waals surface area contributed by atoms with E-state index in [1.807, 2.05) is 17.7 Å². The molecule has 0 atom stereocenters. The third-order valence-corrected chi connectivity index (χ3v) is 3.10. The van der Waals surface area contributed by atoms with Crippen molar-refractivity contribution in [3.8, 4) is 0 Å². The van der Waals surface area contributed by atoms with Gasteiger partial charge in [0.15, 0.2) is 0 Å². The van der Waals surface area contributed by atoms with Crippen LogP contribution in [0.4, 0.5) is 0 Å². The topological polar surface area (TPSA) is 30.7 Å². The highest BCUT2D eigenvalue weighted by atomic mass is 35.5. The molecule has 0 bridgehead atoms. The zero-order valence-corrected chi connectivity index (χ0v) is 9.35. The fourth-order valence-electron chi connectivity index (χ4n) is 1.25. The van der Waals surface area contributed by atoms with Crippen LogP contribution in [0.3, 0.4) is 0 Å². The van der Waals surface area contributed by atoms with Gasteiger partial charge in [0.1, 0.15) is 0 Å². The van der Waals surface area contributed by atoms with Crippen LogP contribution >= 0.6 is 22.9 Å². The highest BCUT2D eigenvalue weighted by Gasteiger charge is 2.03. The first-order valence-corrected chi connectivity index (χ1v) is 5.61. The van der Waals surface area contributed by atoms with Gasteiger partial charge < -0.3 is 4.57 Å². The Morgan fingerprint density at radius 2 is 2.36 bits per heavy atom. The second-order valence-corrected chi connectivity index (χ2v) is 4.58. The van der Waals surface area contributed by atoms with Gasteiger partial charge in [0, 0.05) is 17.3 Å². The first-order chi connectivity index (χ1) is 6.79. The summed E-state index contributed by atoms with van der Waals surface area (Å²) in [4.78, 5) is 9.49. The number of hydrogen-bond acceptors (Lipinski definition) is 3. The van der Waals surface area contributed by atoms with Crippen molar-refractivity contribution < 1.29 is 0 Å². The van der Waals surface area contributed by atoms with Gasteiger partial charge in [-0.25, -0.2) is 9.97 Å². The second kappa shape index (κ2) is 4.11. The van der Waals surface area contributed by atoms with Gasteiger partial charge in [-0.2, -0.15) is 0 Å². The molecule has 0 radical (unpaired) electrons. The van der Waals surface area contributed by atoms with Crippen molar-refractivity contribution >= 4 is 22.9 Å². The number of thiazole rings is 1. The number of aromatic nitrogens is 3. The van der Waals surface area contributed by atoms with E-state index < -0.39 is 0 Å². The quantitative estimate of drug-likeness (QED) is 0.755. The normalized spacial score (nSPS) is 10.7. The molecule has 0 aliphatic rings. The van der Waals surface area contributed by atoms with Crippen LogP contribution in [0, 0.1) is 6.92 Å². The van der Waals surface area contributed by atoms with Gasteiger partial charge in [-0.3, -0.25) is 0 Å². The van der Waals surface area contributed by atoms with Crippen molar-refractivity contribution in [3.63, 3.8) is 0 Å². The van der Waals surface area contributed by atoms with Gasteiger partial charge in [0.05, 0.1) is 29.5 Å². The molecular weight excluding hydrogens is 218 g/mol. The van der Waals surface area contributed by atoms with E-state index in [0.717, 1.165) is 17.2 Å². The predicted octanol–water partition coefficient (Wildman–Crippen LogP) is 2.44. The summed E-state index contributed by atoms with van der Waals surface area (Å²) < 4.78 is 2.04. The van der Waals surface area contributed by atoms with Crippen molar-refractivity contribution in [2.75, 3.05) is 0 Å². The lowest BCUT2D eigenvalue weighted by Crippen LogP contribution is -1.99. The molecule has 0 aliphatic heterocycles. The number of hydrogen-bond donors (Lipinski definition) is 0. The van der Waals surface area contributed by atoms with E-state index in [-0.39, 0.29) is 0 Å². The summed E-state index contributed by atoms with van der Waals surface area (Å²) in [6, 6.07) is 0. The largest absolute Gasteiger partial charge is 0.328 e. The Bertz CT molecular complexity index is 421. The molecule has 3 nitrogen and oxygen atoms in total. The fourth-order valence-corrected chi connectivity index (χ4v) is 2.26. The van der Waals surface area contributed by atoms with Crippen LogP contribution in [-0.4, -0.2) is 14.5 Å². The number of nitrogens with zero attached hydrogens (tertiary/aromatic N) is 3. The van der Waals surface area contributed by atoms with Crippen LogP contribution in [0.15, 0.2) is 18.7 Å². The Morgan fingerprint density at radius 3 is 3.00 bits per heavy atom. The van der Waals surface area contributed by atoms with E-state index in [2.05, 4.69) is 9.97 Å². The zero-order chi connectivity index (χ0) is 9.97. The summed E-state index contributed by atoms with van der Waals surface area (Å²) in [6.07, 6.45) is 5.49. The number of alkyl halides is 1. The van der Waals surface area contributed by atoms with Crippen molar-refractivity contribution in [1.82, 2.24) is 14.5 Å². The molecule has 0 saturated carbocycles. The van der Waals surface area contributed by atoms with Crippen molar-refractivity contribution in [2.45, 2.75) is 19.3 Å². The molecule has 2 aromatic rings. The maximum atomic E-state index is 5.77. The molecule has 0 saturated heterocycles. The Kier molecular flexibility index (Phi) is 2.84. The zero-order valence-electron chi connectivity index (χ0n) is 7.77. The molecule has 0 aromatic carbocycles. The van der Waals surface area contributed by atoms with Crippen LogP contribution in [-0.2, 0) is 12.4 Å². The van der Waals surface area contributed by atoms with E-state index >= 15 is 0 Å². The lowest BCUT2D eigenvalue weighted by atomic mass is 10.5. The first kappa shape index (κ1) is 9.68. The van der Waals surface area contributed by atoms with E-state index in [1.54, 1.807) is 23.9 Å². The Labute approximate surface area is 91.4 Å². The molecule has 0 spiro atoms. The molecule has 0 aliphatic carbocycles. The lowest BCUT2D eigenvalue weighted by molar-refractivity contribution is 0.774. The average molecular weight is 228 g/mol. The molecule has 0 fully saturated rings. The van der Waals surface area contributed by atoms with Gasteiger partial charge in [-0.05, 0) is 6.92 Å². The van der Waals surface area contributed by atoms with Crippen LogP contribution in [0.1, 0.15) is 15.6 Å². The molecule has 0 amide bonds. The SMILES string of the molecule is Cc1ncc(Cn2cncc2CCl)s1. The van der Waals surface area contributed by atoms with Gasteiger partial charge >= 0.3 is 0 Å².